The van der Waals surface area contributed by atoms with Gasteiger partial charge in [0.2, 0.25) is 0 Å². The predicted octanol–water partition coefficient (Wildman–Crippen LogP) is 4.15. The maximum Gasteiger partial charge on any atom is 0.331 e. The molecule has 0 aliphatic carbocycles. The minimum Gasteiger partial charge on any atom is -0.309 e. The molecule has 0 aromatic heterocycles. The van der Waals surface area contributed by atoms with Crippen LogP contribution < -0.4 is 0 Å². The van der Waals surface area contributed by atoms with Crippen LogP contribution >= 0.6 is 7.60 Å². The van der Waals surface area contributed by atoms with Gasteiger partial charge in [0.15, 0.2) is 0 Å². The molecule has 0 unspecified atom stereocenters. The zero-order valence-electron chi connectivity index (χ0n) is 13.2. The van der Waals surface area contributed by atoms with Gasteiger partial charge in [-0.25, -0.2) is 0 Å². The molecule has 0 N–H and O–H groups in total. The lowest BCUT2D eigenvalue weighted by atomic mass is 10.2. The van der Waals surface area contributed by atoms with Crippen molar-refractivity contribution in [2.75, 3.05) is 39.0 Å². The number of unbranched alkanes of at least 4 members (excludes halogenated alkanes) is 2. The first-order valence-electron chi connectivity index (χ1n) is 7.72. The quantitative estimate of drug-likeness (QED) is 0.478. The van der Waals surface area contributed by atoms with E-state index in [0.717, 1.165) is 19.6 Å². The number of hydrogen-bond donors (Lipinski definition) is 0. The van der Waals surface area contributed by atoms with E-state index < -0.39 is 7.60 Å². The lowest BCUT2D eigenvalue weighted by Crippen LogP contribution is -2.29. The van der Waals surface area contributed by atoms with Crippen molar-refractivity contribution in [2.24, 2.45) is 0 Å². The second-order valence-electron chi connectivity index (χ2n) is 4.72. The molecule has 0 aliphatic rings. The molecule has 0 aromatic carbocycles. The highest BCUT2D eigenvalue weighted by atomic mass is 31.2. The van der Waals surface area contributed by atoms with Crippen LogP contribution in [0.1, 0.15) is 53.4 Å². The van der Waals surface area contributed by atoms with Gasteiger partial charge in [0.25, 0.3) is 0 Å². The zero-order chi connectivity index (χ0) is 14.6. The summed E-state index contributed by atoms with van der Waals surface area (Å²) in [5.41, 5.74) is 0. The summed E-state index contributed by atoms with van der Waals surface area (Å²) in [5, 5.41) is 0. The highest BCUT2D eigenvalue weighted by Crippen LogP contribution is 2.47. The fourth-order valence-corrected chi connectivity index (χ4v) is 3.57. The molecule has 0 radical (unpaired) electrons. The predicted molar refractivity (Wildman–Crippen MR) is 82.0 cm³/mol. The summed E-state index contributed by atoms with van der Waals surface area (Å²) >= 11 is 0. The first kappa shape index (κ1) is 19.1. The van der Waals surface area contributed by atoms with E-state index in [1.54, 1.807) is 0 Å². The van der Waals surface area contributed by atoms with Crippen molar-refractivity contribution in [3.8, 4) is 0 Å². The number of rotatable bonds is 13. The van der Waals surface area contributed by atoms with Crippen molar-refractivity contribution >= 4 is 7.60 Å². The van der Waals surface area contributed by atoms with E-state index >= 15 is 0 Å². The van der Waals surface area contributed by atoms with Crippen LogP contribution in [0.15, 0.2) is 0 Å². The molecule has 0 aliphatic heterocycles. The topological polar surface area (TPSA) is 38.8 Å². The average Bonchev–Trinajstić information content (AvgIpc) is 2.38. The van der Waals surface area contributed by atoms with E-state index in [1.165, 1.54) is 25.7 Å². The molecule has 0 spiro atoms. The Labute approximate surface area is 119 Å². The van der Waals surface area contributed by atoms with Gasteiger partial charge in [0, 0.05) is 6.54 Å². The third-order valence-electron chi connectivity index (χ3n) is 3.00. The highest BCUT2D eigenvalue weighted by molar-refractivity contribution is 7.53. The molecule has 0 amide bonds. The summed E-state index contributed by atoms with van der Waals surface area (Å²) in [6, 6.07) is 0. The molecule has 0 aromatic rings. The van der Waals surface area contributed by atoms with Crippen molar-refractivity contribution in [3.63, 3.8) is 0 Å². The fraction of sp³-hybridized carbons (Fsp3) is 1.00. The molecule has 0 saturated heterocycles. The van der Waals surface area contributed by atoms with Crippen LogP contribution in [0.5, 0.6) is 0 Å². The van der Waals surface area contributed by atoms with E-state index in [4.69, 9.17) is 9.05 Å². The van der Waals surface area contributed by atoms with Crippen molar-refractivity contribution in [2.45, 2.75) is 53.4 Å². The zero-order valence-corrected chi connectivity index (χ0v) is 14.1. The molecule has 0 atom stereocenters. The van der Waals surface area contributed by atoms with Crippen LogP contribution in [0, 0.1) is 0 Å². The van der Waals surface area contributed by atoms with Gasteiger partial charge >= 0.3 is 7.60 Å². The van der Waals surface area contributed by atoms with Crippen LogP contribution in [0.4, 0.5) is 0 Å². The maximum atomic E-state index is 12.4. The highest BCUT2D eigenvalue weighted by Gasteiger charge is 2.24. The summed E-state index contributed by atoms with van der Waals surface area (Å²) in [4.78, 5) is 2.39. The third-order valence-corrected chi connectivity index (χ3v) is 5.05. The van der Waals surface area contributed by atoms with Gasteiger partial charge in [-0.05, 0) is 39.8 Å². The Bertz CT molecular complexity index is 231. The van der Waals surface area contributed by atoms with Gasteiger partial charge in [0.1, 0.15) is 0 Å². The van der Waals surface area contributed by atoms with Gasteiger partial charge in [-0.2, -0.15) is 0 Å². The largest absolute Gasteiger partial charge is 0.331 e. The summed E-state index contributed by atoms with van der Waals surface area (Å²) < 4.78 is 23.1. The average molecular weight is 293 g/mol. The first-order valence-corrected chi connectivity index (χ1v) is 9.45. The number of nitrogens with zero attached hydrogens (tertiary/aromatic N) is 1. The lowest BCUT2D eigenvalue weighted by Gasteiger charge is -2.24. The second kappa shape index (κ2) is 11.9. The van der Waals surface area contributed by atoms with Crippen molar-refractivity contribution < 1.29 is 13.6 Å². The molecule has 5 heteroatoms. The van der Waals surface area contributed by atoms with Crippen molar-refractivity contribution in [1.29, 1.82) is 0 Å². The Morgan fingerprint density at radius 3 is 1.68 bits per heavy atom. The molecular formula is C14H32NO3P. The SMILES string of the molecule is CCCCN(CCCC)CCP(=O)(OCC)OCC. The molecule has 0 fully saturated rings. The van der Waals surface area contributed by atoms with Crippen molar-refractivity contribution in [1.82, 2.24) is 4.90 Å². The van der Waals surface area contributed by atoms with Crippen LogP contribution in [-0.2, 0) is 13.6 Å². The van der Waals surface area contributed by atoms with E-state index in [-0.39, 0.29) is 0 Å². The third kappa shape index (κ3) is 9.61. The normalized spacial score (nSPS) is 12.3. The molecule has 0 rings (SSSR count). The molecular weight excluding hydrogens is 261 g/mol. The standard InChI is InChI=1S/C14H32NO3P/c1-5-9-11-15(12-10-6-2)13-14-19(16,17-7-3)18-8-4/h5-14H2,1-4H3. The lowest BCUT2D eigenvalue weighted by molar-refractivity contribution is 0.210. The van der Waals surface area contributed by atoms with Gasteiger partial charge in [-0.1, -0.05) is 26.7 Å². The Kier molecular flexibility index (Phi) is 12.0. The molecule has 0 bridgehead atoms. The Morgan fingerprint density at radius 2 is 1.32 bits per heavy atom. The van der Waals surface area contributed by atoms with E-state index in [1.807, 2.05) is 13.8 Å². The van der Waals surface area contributed by atoms with E-state index in [2.05, 4.69) is 18.7 Å². The Morgan fingerprint density at radius 1 is 0.842 bits per heavy atom. The van der Waals surface area contributed by atoms with Crippen molar-refractivity contribution in [3.05, 3.63) is 0 Å². The van der Waals surface area contributed by atoms with Crippen LogP contribution in [0.25, 0.3) is 0 Å². The smallest absolute Gasteiger partial charge is 0.309 e. The monoisotopic (exact) mass is 293 g/mol. The summed E-state index contributed by atoms with van der Waals surface area (Å²) in [6.07, 6.45) is 5.27. The summed E-state index contributed by atoms with van der Waals surface area (Å²) in [6.45, 7) is 12.0. The van der Waals surface area contributed by atoms with E-state index in [9.17, 15) is 4.57 Å². The van der Waals surface area contributed by atoms with Crippen LogP contribution in [0.2, 0.25) is 0 Å². The van der Waals surface area contributed by atoms with Gasteiger partial charge in [-0.15, -0.1) is 0 Å². The molecule has 116 valence electrons. The number of hydrogen-bond acceptors (Lipinski definition) is 4. The maximum absolute atomic E-state index is 12.4. The molecule has 4 nitrogen and oxygen atoms in total. The van der Waals surface area contributed by atoms with Gasteiger partial charge in [0.05, 0.1) is 19.4 Å². The summed E-state index contributed by atoms with van der Waals surface area (Å²) in [5.74, 6) is 0. The fourth-order valence-electron chi connectivity index (χ4n) is 1.92. The molecule has 0 heterocycles. The van der Waals surface area contributed by atoms with Crippen LogP contribution in [0.3, 0.4) is 0 Å². The molecule has 19 heavy (non-hydrogen) atoms. The minimum atomic E-state index is -2.88. The van der Waals surface area contributed by atoms with Crippen LogP contribution in [-0.4, -0.2) is 43.9 Å². The Balaban J connectivity index is 4.26. The first-order chi connectivity index (χ1) is 9.11. The second-order valence-corrected chi connectivity index (χ2v) is 6.90. The van der Waals surface area contributed by atoms with Gasteiger partial charge in [-0.3, -0.25) is 4.57 Å². The summed E-state index contributed by atoms with van der Waals surface area (Å²) in [7, 11) is -2.88. The Hall–Kier alpha value is 0.110. The van der Waals surface area contributed by atoms with E-state index in [0.29, 0.717) is 19.4 Å². The molecule has 0 saturated carbocycles. The van der Waals surface area contributed by atoms with Gasteiger partial charge < -0.3 is 13.9 Å². The minimum absolute atomic E-state index is 0.446.